The van der Waals surface area contributed by atoms with Crippen LogP contribution in [-0.4, -0.2) is 25.7 Å². The van der Waals surface area contributed by atoms with Crippen LogP contribution in [0.3, 0.4) is 0 Å². The molecule has 0 fully saturated rings. The van der Waals surface area contributed by atoms with Crippen LogP contribution in [-0.2, 0) is 9.53 Å². The molecule has 4 nitrogen and oxygen atoms in total. The number of hydrogen-bond acceptors (Lipinski definition) is 3. The molecule has 1 aromatic rings. The van der Waals surface area contributed by atoms with Crippen molar-refractivity contribution in [1.82, 2.24) is 0 Å². The van der Waals surface area contributed by atoms with Crippen molar-refractivity contribution in [2.45, 2.75) is 13.0 Å². The van der Waals surface area contributed by atoms with Crippen molar-refractivity contribution >= 4 is 27.5 Å². The highest BCUT2D eigenvalue weighted by atomic mass is 79.9. The molecule has 1 unspecified atom stereocenters. The fourth-order valence-electron chi connectivity index (χ4n) is 1.30. The second kappa shape index (κ2) is 5.98. The molecule has 3 N–H and O–H groups in total. The third kappa shape index (κ3) is 3.92. The first-order valence-corrected chi connectivity index (χ1v) is 5.65. The van der Waals surface area contributed by atoms with Crippen LogP contribution in [0.1, 0.15) is 5.56 Å². The number of aryl methyl sites for hydroxylation is 1. The van der Waals surface area contributed by atoms with Gasteiger partial charge in [-0.1, -0.05) is 15.9 Å². The summed E-state index contributed by atoms with van der Waals surface area (Å²) < 4.78 is 5.73. The van der Waals surface area contributed by atoms with Crippen molar-refractivity contribution in [2.24, 2.45) is 5.73 Å². The van der Waals surface area contributed by atoms with Crippen LogP contribution in [0.4, 0.5) is 5.69 Å². The Morgan fingerprint density at radius 2 is 2.25 bits per heavy atom. The van der Waals surface area contributed by atoms with Gasteiger partial charge in [0.15, 0.2) is 0 Å². The Hall–Kier alpha value is -0.910. The third-order valence-electron chi connectivity index (χ3n) is 1.99. The first-order valence-electron chi connectivity index (χ1n) is 4.85. The first kappa shape index (κ1) is 13.2. The number of rotatable bonds is 4. The van der Waals surface area contributed by atoms with Crippen LogP contribution in [0.5, 0.6) is 0 Å². The van der Waals surface area contributed by atoms with Crippen molar-refractivity contribution in [3.63, 3.8) is 0 Å². The lowest BCUT2D eigenvalue weighted by molar-refractivity contribution is -0.118. The van der Waals surface area contributed by atoms with E-state index in [1.54, 1.807) is 0 Å². The van der Waals surface area contributed by atoms with Gasteiger partial charge >= 0.3 is 0 Å². The molecule has 0 heterocycles. The quantitative estimate of drug-likeness (QED) is 0.885. The van der Waals surface area contributed by atoms with Gasteiger partial charge in [-0.25, -0.2) is 0 Å². The highest BCUT2D eigenvalue weighted by molar-refractivity contribution is 9.10. The van der Waals surface area contributed by atoms with Crippen molar-refractivity contribution in [1.29, 1.82) is 0 Å². The first-order chi connectivity index (χ1) is 7.52. The van der Waals surface area contributed by atoms with Crippen molar-refractivity contribution in [3.8, 4) is 0 Å². The third-order valence-corrected chi connectivity index (χ3v) is 2.45. The molecular formula is C11H15BrN2O2. The van der Waals surface area contributed by atoms with Crippen molar-refractivity contribution < 1.29 is 9.53 Å². The lowest BCUT2D eigenvalue weighted by atomic mass is 10.2. The summed E-state index contributed by atoms with van der Waals surface area (Å²) >= 11 is 3.36. The van der Waals surface area contributed by atoms with Gasteiger partial charge in [0, 0.05) is 17.3 Å². The molecule has 0 spiro atoms. The Labute approximate surface area is 103 Å². The van der Waals surface area contributed by atoms with Gasteiger partial charge in [0.2, 0.25) is 5.91 Å². The van der Waals surface area contributed by atoms with E-state index in [0.717, 1.165) is 15.7 Å². The molecule has 1 amide bonds. The number of nitrogens with one attached hydrogen (secondary N) is 1. The molecule has 0 radical (unpaired) electrons. The number of halogens is 1. The highest BCUT2D eigenvalue weighted by Gasteiger charge is 2.13. The second-order valence-electron chi connectivity index (χ2n) is 3.57. The molecular weight excluding hydrogens is 272 g/mol. The molecule has 1 atom stereocenters. The van der Waals surface area contributed by atoms with E-state index in [2.05, 4.69) is 21.2 Å². The average molecular weight is 287 g/mol. The predicted octanol–water partition coefficient (Wildman–Crippen LogP) is 1.67. The minimum atomic E-state index is -0.649. The van der Waals surface area contributed by atoms with E-state index in [9.17, 15) is 4.79 Å². The lowest BCUT2D eigenvalue weighted by Crippen LogP contribution is -2.39. The van der Waals surface area contributed by atoms with E-state index in [4.69, 9.17) is 10.5 Å². The summed E-state index contributed by atoms with van der Waals surface area (Å²) in [5.74, 6) is -0.251. The van der Waals surface area contributed by atoms with Crippen molar-refractivity contribution in [3.05, 3.63) is 28.2 Å². The van der Waals surface area contributed by atoms with Crippen LogP contribution >= 0.6 is 15.9 Å². The van der Waals surface area contributed by atoms with Gasteiger partial charge in [0.25, 0.3) is 0 Å². The van der Waals surface area contributed by atoms with E-state index in [0.29, 0.717) is 0 Å². The number of anilines is 1. The summed E-state index contributed by atoms with van der Waals surface area (Å²) in [7, 11) is 1.51. The number of nitrogens with two attached hydrogens (primary N) is 1. The minimum Gasteiger partial charge on any atom is -0.383 e. The van der Waals surface area contributed by atoms with E-state index in [-0.39, 0.29) is 12.5 Å². The number of carbonyl (C=O) groups excluding carboxylic acids is 1. The normalized spacial score (nSPS) is 12.2. The summed E-state index contributed by atoms with van der Waals surface area (Å²) in [6.45, 7) is 2.16. The molecule has 0 saturated carbocycles. The van der Waals surface area contributed by atoms with Gasteiger partial charge < -0.3 is 15.8 Å². The number of amides is 1. The minimum absolute atomic E-state index is 0.207. The summed E-state index contributed by atoms with van der Waals surface area (Å²) in [5.41, 5.74) is 7.39. The Balaban J connectivity index is 2.69. The SMILES string of the molecule is COCC(N)C(=O)Nc1cc(C)cc(Br)c1. The van der Waals surface area contributed by atoms with Crippen LogP contribution in [0, 0.1) is 6.92 Å². The highest BCUT2D eigenvalue weighted by Crippen LogP contribution is 2.19. The smallest absolute Gasteiger partial charge is 0.243 e. The Morgan fingerprint density at radius 3 is 2.81 bits per heavy atom. The number of ether oxygens (including phenoxy) is 1. The predicted molar refractivity (Wildman–Crippen MR) is 67.4 cm³/mol. The van der Waals surface area contributed by atoms with E-state index >= 15 is 0 Å². The molecule has 1 rings (SSSR count). The molecule has 0 saturated heterocycles. The van der Waals surface area contributed by atoms with Gasteiger partial charge in [-0.15, -0.1) is 0 Å². The number of hydrogen-bond donors (Lipinski definition) is 2. The molecule has 0 aromatic heterocycles. The summed E-state index contributed by atoms with van der Waals surface area (Å²) in [6, 6.07) is 5.02. The fourth-order valence-corrected chi connectivity index (χ4v) is 1.91. The zero-order valence-corrected chi connectivity index (χ0v) is 10.9. The zero-order chi connectivity index (χ0) is 12.1. The second-order valence-corrected chi connectivity index (χ2v) is 4.48. The molecule has 16 heavy (non-hydrogen) atoms. The van der Waals surface area contributed by atoms with Gasteiger partial charge in [-0.05, 0) is 30.7 Å². The number of methoxy groups -OCH3 is 1. The maximum atomic E-state index is 11.6. The van der Waals surface area contributed by atoms with Crippen molar-refractivity contribution in [2.75, 3.05) is 19.0 Å². The van der Waals surface area contributed by atoms with Crippen LogP contribution < -0.4 is 11.1 Å². The van der Waals surface area contributed by atoms with Gasteiger partial charge in [0.1, 0.15) is 6.04 Å². The Kier molecular flexibility index (Phi) is 4.92. The van der Waals surface area contributed by atoms with Gasteiger partial charge in [-0.3, -0.25) is 4.79 Å². The summed E-state index contributed by atoms with van der Waals surface area (Å²) in [5, 5.41) is 2.73. The maximum absolute atomic E-state index is 11.6. The zero-order valence-electron chi connectivity index (χ0n) is 9.29. The van der Waals surface area contributed by atoms with E-state index in [1.807, 2.05) is 25.1 Å². The topological polar surface area (TPSA) is 64.3 Å². The standard InChI is InChI=1S/C11H15BrN2O2/c1-7-3-8(12)5-9(4-7)14-11(15)10(13)6-16-2/h3-5,10H,6,13H2,1-2H3,(H,14,15). The van der Waals surface area contributed by atoms with E-state index in [1.165, 1.54) is 7.11 Å². The fraction of sp³-hybridized carbons (Fsp3) is 0.364. The molecule has 88 valence electrons. The van der Waals surface area contributed by atoms with Gasteiger partial charge in [-0.2, -0.15) is 0 Å². The monoisotopic (exact) mass is 286 g/mol. The van der Waals surface area contributed by atoms with E-state index < -0.39 is 6.04 Å². The maximum Gasteiger partial charge on any atom is 0.243 e. The lowest BCUT2D eigenvalue weighted by Gasteiger charge is -2.11. The van der Waals surface area contributed by atoms with Crippen LogP contribution in [0.2, 0.25) is 0 Å². The molecule has 0 aliphatic rings. The largest absolute Gasteiger partial charge is 0.383 e. The number of benzene rings is 1. The molecule has 1 aromatic carbocycles. The average Bonchev–Trinajstić information content (AvgIpc) is 2.16. The molecule has 0 aliphatic heterocycles. The Morgan fingerprint density at radius 1 is 1.56 bits per heavy atom. The Bertz CT molecular complexity index is 362. The van der Waals surface area contributed by atoms with Crippen LogP contribution in [0.25, 0.3) is 0 Å². The number of carbonyl (C=O) groups is 1. The molecule has 0 bridgehead atoms. The van der Waals surface area contributed by atoms with Crippen LogP contribution in [0.15, 0.2) is 22.7 Å². The van der Waals surface area contributed by atoms with Gasteiger partial charge in [0.05, 0.1) is 6.61 Å². The summed E-state index contributed by atoms with van der Waals surface area (Å²) in [4.78, 5) is 11.6. The molecule has 0 aliphatic carbocycles. The molecule has 5 heteroatoms. The summed E-state index contributed by atoms with van der Waals surface area (Å²) in [6.07, 6.45) is 0.